The van der Waals surface area contributed by atoms with Crippen molar-refractivity contribution in [1.82, 2.24) is 0 Å². The van der Waals surface area contributed by atoms with Crippen LogP contribution in [0.5, 0.6) is 0 Å². The molecule has 1 aliphatic rings. The fourth-order valence-electron chi connectivity index (χ4n) is 1.55. The molecule has 1 fully saturated rings. The van der Waals surface area contributed by atoms with Crippen molar-refractivity contribution in [1.29, 1.82) is 0 Å². The summed E-state index contributed by atoms with van der Waals surface area (Å²) in [5, 5.41) is 0. The van der Waals surface area contributed by atoms with Gasteiger partial charge in [0.2, 0.25) is 0 Å². The Morgan fingerprint density at radius 3 is 2.69 bits per heavy atom. The van der Waals surface area contributed by atoms with Crippen LogP contribution < -0.4 is 0 Å². The van der Waals surface area contributed by atoms with E-state index >= 15 is 0 Å². The van der Waals surface area contributed by atoms with E-state index in [2.05, 4.69) is 53.7 Å². The molecule has 1 aliphatic heterocycles. The number of benzene rings is 1. The molecule has 2 rings (SSSR count). The number of rotatable bonds is 1. The van der Waals surface area contributed by atoms with Crippen LogP contribution >= 0.6 is 28.6 Å². The Kier molecular flexibility index (Phi) is 2.43. The van der Waals surface area contributed by atoms with Gasteiger partial charge in [0.15, 0.2) is 0 Å². The first-order chi connectivity index (χ1) is 6.12. The van der Waals surface area contributed by atoms with E-state index in [1.807, 2.05) is 0 Å². The fourth-order valence-corrected chi connectivity index (χ4v) is 2.33. The molecule has 1 heterocycles. The second kappa shape index (κ2) is 3.30. The number of thiol groups is 1. The van der Waals surface area contributed by atoms with Crippen molar-refractivity contribution in [2.24, 2.45) is 0 Å². The molecule has 3 heteroatoms. The molecular weight excluding hydrogens is 248 g/mol. The Morgan fingerprint density at radius 1 is 1.46 bits per heavy atom. The molecular formula is C10H11BrOS. The number of hydrogen-bond acceptors (Lipinski definition) is 2. The average Bonchev–Trinajstić information content (AvgIpc) is 2.05. The highest BCUT2D eigenvalue weighted by Crippen LogP contribution is 2.38. The molecule has 0 bridgehead atoms. The summed E-state index contributed by atoms with van der Waals surface area (Å²) < 4.78 is 6.24. The number of ether oxygens (including phenoxy) is 1. The quantitative estimate of drug-likeness (QED) is 0.763. The van der Waals surface area contributed by atoms with Gasteiger partial charge in [-0.2, -0.15) is 12.6 Å². The second-order valence-electron chi connectivity index (χ2n) is 3.48. The zero-order chi connectivity index (χ0) is 9.47. The van der Waals surface area contributed by atoms with Crippen LogP contribution in [0.15, 0.2) is 22.7 Å². The molecule has 1 saturated heterocycles. The molecule has 0 spiro atoms. The summed E-state index contributed by atoms with van der Waals surface area (Å²) in [5.74, 6) is 0. The van der Waals surface area contributed by atoms with Crippen LogP contribution in [-0.2, 0) is 9.48 Å². The molecule has 0 aliphatic carbocycles. The summed E-state index contributed by atoms with van der Waals surface area (Å²) in [4.78, 5) is 0. The SMILES string of the molecule is Cc1ccc(Br)cc1C1(S)COC1. The monoisotopic (exact) mass is 258 g/mol. The Labute approximate surface area is 92.0 Å². The predicted octanol–water partition coefficient (Wildman–Crippen LogP) is 2.91. The standard InChI is InChI=1S/C10H11BrOS/c1-7-2-3-8(11)4-9(7)10(13)5-12-6-10/h2-4,13H,5-6H2,1H3. The van der Waals surface area contributed by atoms with Crippen molar-refractivity contribution >= 4 is 28.6 Å². The highest BCUT2D eigenvalue weighted by atomic mass is 79.9. The van der Waals surface area contributed by atoms with Gasteiger partial charge in [-0.25, -0.2) is 0 Å². The minimum absolute atomic E-state index is 0.0616. The minimum atomic E-state index is -0.0616. The molecule has 0 aromatic heterocycles. The zero-order valence-electron chi connectivity index (χ0n) is 7.38. The van der Waals surface area contributed by atoms with Gasteiger partial charge in [-0.3, -0.25) is 0 Å². The summed E-state index contributed by atoms with van der Waals surface area (Å²) >= 11 is 8.10. The van der Waals surface area contributed by atoms with Gasteiger partial charge in [0, 0.05) is 4.47 Å². The van der Waals surface area contributed by atoms with Crippen molar-refractivity contribution < 1.29 is 4.74 Å². The van der Waals surface area contributed by atoms with Gasteiger partial charge in [-0.05, 0) is 30.2 Å². The lowest BCUT2D eigenvalue weighted by molar-refractivity contribution is -0.00997. The van der Waals surface area contributed by atoms with E-state index in [1.54, 1.807) is 0 Å². The zero-order valence-corrected chi connectivity index (χ0v) is 9.86. The first kappa shape index (κ1) is 9.56. The molecule has 0 N–H and O–H groups in total. The normalized spacial score (nSPS) is 19.6. The highest BCUT2D eigenvalue weighted by molar-refractivity contribution is 9.10. The largest absolute Gasteiger partial charge is 0.378 e. The Bertz CT molecular complexity index is 334. The van der Waals surface area contributed by atoms with E-state index in [9.17, 15) is 0 Å². The van der Waals surface area contributed by atoms with Crippen LogP contribution in [0, 0.1) is 6.92 Å². The van der Waals surface area contributed by atoms with Gasteiger partial charge in [-0.15, -0.1) is 0 Å². The Balaban J connectivity index is 2.43. The number of hydrogen-bond donors (Lipinski definition) is 1. The number of halogens is 1. The van der Waals surface area contributed by atoms with Gasteiger partial charge in [0.1, 0.15) is 0 Å². The van der Waals surface area contributed by atoms with Crippen LogP contribution in [0.25, 0.3) is 0 Å². The molecule has 0 radical (unpaired) electrons. The summed E-state index contributed by atoms with van der Waals surface area (Å²) in [7, 11) is 0. The lowest BCUT2D eigenvalue weighted by Crippen LogP contribution is -2.42. The van der Waals surface area contributed by atoms with Crippen LogP contribution in [0.2, 0.25) is 0 Å². The minimum Gasteiger partial charge on any atom is -0.378 e. The van der Waals surface area contributed by atoms with E-state index in [1.165, 1.54) is 11.1 Å². The van der Waals surface area contributed by atoms with Crippen molar-refractivity contribution in [2.45, 2.75) is 11.7 Å². The molecule has 0 amide bonds. The Hall–Kier alpha value is 0.01000. The topological polar surface area (TPSA) is 9.23 Å². The summed E-state index contributed by atoms with van der Waals surface area (Å²) in [6.45, 7) is 3.54. The lowest BCUT2D eigenvalue weighted by atomic mass is 9.92. The van der Waals surface area contributed by atoms with Crippen molar-refractivity contribution in [2.75, 3.05) is 13.2 Å². The van der Waals surface area contributed by atoms with Crippen LogP contribution in [0.4, 0.5) is 0 Å². The molecule has 1 aromatic rings. The van der Waals surface area contributed by atoms with E-state index in [0.29, 0.717) is 13.2 Å². The maximum atomic E-state index is 5.20. The molecule has 0 atom stereocenters. The Morgan fingerprint density at radius 2 is 2.15 bits per heavy atom. The van der Waals surface area contributed by atoms with E-state index in [0.717, 1.165) is 4.47 Å². The third-order valence-corrected chi connectivity index (χ3v) is 3.38. The van der Waals surface area contributed by atoms with Crippen LogP contribution in [0.3, 0.4) is 0 Å². The lowest BCUT2D eigenvalue weighted by Gasteiger charge is -2.38. The van der Waals surface area contributed by atoms with Crippen LogP contribution in [0.1, 0.15) is 11.1 Å². The molecule has 70 valence electrons. The molecule has 1 nitrogen and oxygen atoms in total. The van der Waals surface area contributed by atoms with Gasteiger partial charge >= 0.3 is 0 Å². The maximum absolute atomic E-state index is 5.20. The first-order valence-electron chi connectivity index (χ1n) is 4.19. The van der Waals surface area contributed by atoms with Crippen LogP contribution in [-0.4, -0.2) is 13.2 Å². The summed E-state index contributed by atoms with van der Waals surface area (Å²) in [6.07, 6.45) is 0. The number of aryl methyl sites for hydroxylation is 1. The summed E-state index contributed by atoms with van der Waals surface area (Å²) in [6, 6.07) is 6.29. The van der Waals surface area contributed by atoms with Gasteiger partial charge in [0.25, 0.3) is 0 Å². The van der Waals surface area contributed by atoms with E-state index < -0.39 is 0 Å². The van der Waals surface area contributed by atoms with Gasteiger partial charge in [-0.1, -0.05) is 22.0 Å². The fraction of sp³-hybridized carbons (Fsp3) is 0.400. The third-order valence-electron chi connectivity index (χ3n) is 2.38. The van der Waals surface area contributed by atoms with Crippen molar-refractivity contribution in [3.63, 3.8) is 0 Å². The molecule has 0 unspecified atom stereocenters. The highest BCUT2D eigenvalue weighted by Gasteiger charge is 2.37. The van der Waals surface area contributed by atoms with E-state index in [4.69, 9.17) is 4.74 Å². The van der Waals surface area contributed by atoms with E-state index in [-0.39, 0.29) is 4.75 Å². The molecule has 1 aromatic carbocycles. The average molecular weight is 259 g/mol. The second-order valence-corrected chi connectivity index (χ2v) is 5.26. The van der Waals surface area contributed by atoms with Gasteiger partial charge < -0.3 is 4.74 Å². The van der Waals surface area contributed by atoms with Gasteiger partial charge in [0.05, 0.1) is 18.0 Å². The summed E-state index contributed by atoms with van der Waals surface area (Å²) in [5.41, 5.74) is 2.55. The first-order valence-corrected chi connectivity index (χ1v) is 5.43. The predicted molar refractivity (Wildman–Crippen MR) is 60.4 cm³/mol. The molecule has 0 saturated carbocycles. The smallest absolute Gasteiger partial charge is 0.0847 e. The molecule has 13 heavy (non-hydrogen) atoms. The van der Waals surface area contributed by atoms with Crippen molar-refractivity contribution in [3.8, 4) is 0 Å². The third kappa shape index (κ3) is 1.65. The maximum Gasteiger partial charge on any atom is 0.0847 e. The van der Waals surface area contributed by atoms with Crippen molar-refractivity contribution in [3.05, 3.63) is 33.8 Å².